The third-order valence-corrected chi connectivity index (χ3v) is 5.00. The van der Waals surface area contributed by atoms with Crippen molar-refractivity contribution in [3.05, 3.63) is 65.7 Å². The summed E-state index contributed by atoms with van der Waals surface area (Å²) in [5.74, 6) is -0.205. The lowest BCUT2D eigenvalue weighted by molar-refractivity contribution is -0.120. The standard InChI is InChI=1S/C19H21N3O3S/c1-26(24,25)22(18-9-7-17(15-20)8-10-18)14-12-19(23)21-13-11-16-5-3-2-4-6-16/h2-10H,11-14H2,1H3,(H,21,23). The molecular weight excluding hydrogens is 350 g/mol. The van der Waals surface area contributed by atoms with Gasteiger partial charge < -0.3 is 5.32 Å². The van der Waals surface area contributed by atoms with Gasteiger partial charge >= 0.3 is 0 Å². The predicted octanol–water partition coefficient (Wildman–Crippen LogP) is 2.07. The Bertz CT molecular complexity index is 872. The second kappa shape index (κ2) is 9.02. The summed E-state index contributed by atoms with van der Waals surface area (Å²) in [5, 5.41) is 11.6. The van der Waals surface area contributed by atoms with Crippen LogP contribution in [-0.4, -0.2) is 33.7 Å². The molecule has 0 bridgehead atoms. The summed E-state index contributed by atoms with van der Waals surface area (Å²) < 4.78 is 25.2. The minimum Gasteiger partial charge on any atom is -0.356 e. The molecule has 0 unspecified atom stereocenters. The van der Waals surface area contributed by atoms with Crippen LogP contribution in [0.3, 0.4) is 0 Å². The number of amides is 1. The molecule has 0 saturated heterocycles. The Labute approximate surface area is 154 Å². The van der Waals surface area contributed by atoms with Crippen LogP contribution in [0.2, 0.25) is 0 Å². The van der Waals surface area contributed by atoms with Crippen molar-refractivity contribution >= 4 is 21.6 Å². The fraction of sp³-hybridized carbons (Fsp3) is 0.263. The van der Waals surface area contributed by atoms with E-state index in [0.29, 0.717) is 17.8 Å². The quantitative estimate of drug-likeness (QED) is 0.769. The molecule has 136 valence electrons. The first-order valence-electron chi connectivity index (χ1n) is 8.18. The molecule has 0 radical (unpaired) electrons. The Balaban J connectivity index is 1.90. The fourth-order valence-electron chi connectivity index (χ4n) is 2.47. The van der Waals surface area contributed by atoms with Gasteiger partial charge in [0.15, 0.2) is 0 Å². The van der Waals surface area contributed by atoms with E-state index in [0.717, 1.165) is 18.2 Å². The highest BCUT2D eigenvalue weighted by molar-refractivity contribution is 7.92. The van der Waals surface area contributed by atoms with Crippen LogP contribution in [0, 0.1) is 11.3 Å². The molecule has 6 nitrogen and oxygen atoms in total. The van der Waals surface area contributed by atoms with E-state index in [1.54, 1.807) is 24.3 Å². The highest BCUT2D eigenvalue weighted by atomic mass is 32.2. The topological polar surface area (TPSA) is 90.3 Å². The van der Waals surface area contributed by atoms with Crippen LogP contribution >= 0.6 is 0 Å². The summed E-state index contributed by atoms with van der Waals surface area (Å²) in [6.07, 6.45) is 1.87. The van der Waals surface area contributed by atoms with Crippen LogP contribution in [0.4, 0.5) is 5.69 Å². The van der Waals surface area contributed by atoms with Gasteiger partial charge in [-0.15, -0.1) is 0 Å². The molecule has 0 aliphatic carbocycles. The van der Waals surface area contributed by atoms with Crippen molar-refractivity contribution in [3.63, 3.8) is 0 Å². The zero-order chi connectivity index (χ0) is 19.0. The Morgan fingerprint density at radius 1 is 1.12 bits per heavy atom. The molecule has 0 aliphatic heterocycles. The first-order valence-corrected chi connectivity index (χ1v) is 10.0. The summed E-state index contributed by atoms with van der Waals surface area (Å²) in [4.78, 5) is 12.0. The number of nitrogens with one attached hydrogen (secondary N) is 1. The zero-order valence-electron chi connectivity index (χ0n) is 14.6. The number of rotatable bonds is 8. The molecule has 7 heteroatoms. The van der Waals surface area contributed by atoms with Crippen LogP contribution in [0.25, 0.3) is 0 Å². The third-order valence-electron chi connectivity index (χ3n) is 3.81. The normalized spacial score (nSPS) is 10.8. The van der Waals surface area contributed by atoms with Gasteiger partial charge in [-0.3, -0.25) is 9.10 Å². The zero-order valence-corrected chi connectivity index (χ0v) is 15.4. The second-order valence-corrected chi connectivity index (χ2v) is 7.74. The van der Waals surface area contributed by atoms with Crippen molar-refractivity contribution in [2.24, 2.45) is 0 Å². The number of nitriles is 1. The van der Waals surface area contributed by atoms with Crippen LogP contribution in [0.1, 0.15) is 17.5 Å². The number of carbonyl (C=O) groups is 1. The van der Waals surface area contributed by atoms with E-state index < -0.39 is 10.0 Å². The van der Waals surface area contributed by atoms with Crippen molar-refractivity contribution in [3.8, 4) is 6.07 Å². The van der Waals surface area contributed by atoms with Crippen molar-refractivity contribution in [1.82, 2.24) is 5.32 Å². The number of hydrogen-bond donors (Lipinski definition) is 1. The van der Waals surface area contributed by atoms with E-state index in [-0.39, 0.29) is 18.9 Å². The predicted molar refractivity (Wildman–Crippen MR) is 101 cm³/mol. The van der Waals surface area contributed by atoms with E-state index in [2.05, 4.69) is 5.32 Å². The lowest BCUT2D eigenvalue weighted by Gasteiger charge is -2.22. The average Bonchev–Trinajstić information content (AvgIpc) is 2.62. The monoisotopic (exact) mass is 371 g/mol. The van der Waals surface area contributed by atoms with Gasteiger partial charge in [0.05, 0.1) is 23.6 Å². The Morgan fingerprint density at radius 3 is 2.35 bits per heavy atom. The lowest BCUT2D eigenvalue weighted by Crippen LogP contribution is -2.35. The minimum absolute atomic E-state index is 0.0436. The second-order valence-electron chi connectivity index (χ2n) is 5.83. The van der Waals surface area contributed by atoms with Crippen LogP contribution in [0.5, 0.6) is 0 Å². The molecule has 1 amide bonds. The van der Waals surface area contributed by atoms with Crippen LogP contribution in [-0.2, 0) is 21.2 Å². The number of carbonyl (C=O) groups excluding carboxylic acids is 1. The highest BCUT2D eigenvalue weighted by Crippen LogP contribution is 2.18. The summed E-state index contributed by atoms with van der Waals surface area (Å²) in [5.41, 5.74) is 2.01. The number of hydrogen-bond acceptors (Lipinski definition) is 4. The first-order chi connectivity index (χ1) is 12.4. The van der Waals surface area contributed by atoms with Crippen molar-refractivity contribution in [2.75, 3.05) is 23.7 Å². The smallest absolute Gasteiger partial charge is 0.232 e. The fourth-order valence-corrected chi connectivity index (χ4v) is 3.40. The van der Waals surface area contributed by atoms with Gasteiger partial charge in [-0.1, -0.05) is 30.3 Å². The molecule has 0 heterocycles. The first kappa shape index (κ1) is 19.5. The van der Waals surface area contributed by atoms with E-state index in [4.69, 9.17) is 5.26 Å². The van der Waals surface area contributed by atoms with Crippen molar-refractivity contribution in [1.29, 1.82) is 5.26 Å². The lowest BCUT2D eigenvalue weighted by atomic mass is 10.1. The highest BCUT2D eigenvalue weighted by Gasteiger charge is 2.18. The molecule has 2 rings (SSSR count). The summed E-state index contributed by atoms with van der Waals surface area (Å²) in [7, 11) is -3.53. The molecule has 2 aromatic rings. The van der Waals surface area contributed by atoms with Gasteiger partial charge in [0.25, 0.3) is 0 Å². The maximum Gasteiger partial charge on any atom is 0.232 e. The number of sulfonamides is 1. The minimum atomic E-state index is -3.53. The van der Waals surface area contributed by atoms with E-state index in [1.807, 2.05) is 36.4 Å². The summed E-state index contributed by atoms with van der Waals surface area (Å²) in [6.45, 7) is 0.542. The molecule has 2 aromatic carbocycles. The van der Waals surface area contributed by atoms with Crippen LogP contribution < -0.4 is 9.62 Å². The summed E-state index contributed by atoms with van der Waals surface area (Å²) >= 11 is 0. The van der Waals surface area contributed by atoms with Gasteiger partial charge in [0.2, 0.25) is 15.9 Å². The van der Waals surface area contributed by atoms with E-state index >= 15 is 0 Å². The molecular formula is C19H21N3O3S. The molecule has 0 spiro atoms. The third kappa shape index (κ3) is 5.90. The van der Waals surface area contributed by atoms with Gasteiger partial charge in [0.1, 0.15) is 0 Å². The molecule has 26 heavy (non-hydrogen) atoms. The van der Waals surface area contributed by atoms with Gasteiger partial charge in [-0.05, 0) is 36.2 Å². The maximum absolute atomic E-state index is 12.0. The van der Waals surface area contributed by atoms with Crippen molar-refractivity contribution < 1.29 is 13.2 Å². The number of nitrogens with zero attached hydrogens (tertiary/aromatic N) is 2. The number of anilines is 1. The maximum atomic E-state index is 12.0. The Hall–Kier alpha value is -2.85. The SMILES string of the molecule is CS(=O)(=O)N(CCC(=O)NCCc1ccccc1)c1ccc(C#N)cc1. The molecule has 0 fully saturated rings. The average molecular weight is 371 g/mol. The van der Waals surface area contributed by atoms with Gasteiger partial charge in [-0.2, -0.15) is 5.26 Å². The summed E-state index contributed by atoms with van der Waals surface area (Å²) in [6, 6.07) is 18.0. The van der Waals surface area contributed by atoms with Crippen molar-refractivity contribution in [2.45, 2.75) is 12.8 Å². The Morgan fingerprint density at radius 2 is 1.77 bits per heavy atom. The molecule has 0 aliphatic rings. The molecule has 0 aromatic heterocycles. The molecule has 1 N–H and O–H groups in total. The van der Waals surface area contributed by atoms with E-state index in [9.17, 15) is 13.2 Å². The Kier molecular flexibility index (Phi) is 6.75. The molecule has 0 atom stereocenters. The van der Waals surface area contributed by atoms with E-state index in [1.165, 1.54) is 4.31 Å². The molecule has 0 saturated carbocycles. The number of benzene rings is 2. The van der Waals surface area contributed by atoms with Crippen LogP contribution in [0.15, 0.2) is 54.6 Å². The largest absolute Gasteiger partial charge is 0.356 e. The van der Waals surface area contributed by atoms with Gasteiger partial charge in [-0.25, -0.2) is 8.42 Å². The van der Waals surface area contributed by atoms with Gasteiger partial charge in [0, 0.05) is 19.5 Å².